The van der Waals surface area contributed by atoms with Crippen LogP contribution in [-0.2, 0) is 15.9 Å². The van der Waals surface area contributed by atoms with Gasteiger partial charge in [0.1, 0.15) is 4.90 Å². The van der Waals surface area contributed by atoms with E-state index in [0.29, 0.717) is 17.1 Å². The van der Waals surface area contributed by atoms with Gasteiger partial charge < -0.3 is 0 Å². The van der Waals surface area contributed by atoms with Crippen LogP contribution in [0.2, 0.25) is 10.0 Å². The maximum Gasteiger partial charge on any atom is 0.244 e. The van der Waals surface area contributed by atoms with Crippen LogP contribution < -0.4 is 0 Å². The first-order valence-corrected chi connectivity index (χ1v) is 8.97. The standard InChI is InChI=1S/C13H18Cl3NO2S/c1-4-9(2)8-17(3)20(18,19)12-6-11(15)5-10(7-14)13(12)16/h5-6,9H,4,7-8H2,1-3H3. The fourth-order valence-corrected chi connectivity index (χ4v) is 4.21. The Balaban J connectivity index is 3.25. The molecule has 0 heterocycles. The molecule has 1 aromatic carbocycles. The first-order valence-electron chi connectivity index (χ1n) is 6.24. The second-order valence-corrected chi connectivity index (χ2v) is 7.90. The van der Waals surface area contributed by atoms with E-state index in [4.69, 9.17) is 34.8 Å². The molecule has 1 aromatic rings. The zero-order valence-corrected chi connectivity index (χ0v) is 14.7. The molecule has 0 radical (unpaired) electrons. The molecule has 0 amide bonds. The highest BCUT2D eigenvalue weighted by Crippen LogP contribution is 2.32. The predicted molar refractivity (Wildman–Crippen MR) is 85.3 cm³/mol. The molecule has 0 saturated carbocycles. The highest BCUT2D eigenvalue weighted by atomic mass is 35.5. The number of rotatable bonds is 6. The minimum absolute atomic E-state index is 0.00752. The normalized spacial score (nSPS) is 13.8. The first-order chi connectivity index (χ1) is 9.23. The lowest BCUT2D eigenvalue weighted by Gasteiger charge is -2.21. The average molecular weight is 359 g/mol. The van der Waals surface area contributed by atoms with Crippen LogP contribution in [0.5, 0.6) is 0 Å². The number of halogens is 3. The molecule has 1 atom stereocenters. The van der Waals surface area contributed by atoms with Crippen molar-refractivity contribution in [2.24, 2.45) is 5.92 Å². The van der Waals surface area contributed by atoms with Gasteiger partial charge in [-0.15, -0.1) is 11.6 Å². The number of nitrogens with zero attached hydrogens (tertiary/aromatic N) is 1. The largest absolute Gasteiger partial charge is 0.244 e. The minimum Gasteiger partial charge on any atom is -0.207 e. The Labute approximate surface area is 135 Å². The Kier molecular flexibility index (Phi) is 6.61. The van der Waals surface area contributed by atoms with Gasteiger partial charge in [-0.3, -0.25) is 0 Å². The predicted octanol–water partition coefficient (Wildman–Crippen LogP) is 4.40. The van der Waals surface area contributed by atoms with E-state index in [0.717, 1.165) is 6.42 Å². The number of hydrogen-bond acceptors (Lipinski definition) is 2. The molecule has 0 aromatic heterocycles. The van der Waals surface area contributed by atoms with Gasteiger partial charge in [-0.1, -0.05) is 43.5 Å². The lowest BCUT2D eigenvalue weighted by molar-refractivity contribution is 0.393. The maximum absolute atomic E-state index is 12.6. The number of alkyl halides is 1. The van der Waals surface area contributed by atoms with E-state index < -0.39 is 10.0 Å². The smallest absolute Gasteiger partial charge is 0.207 e. The molecule has 0 N–H and O–H groups in total. The van der Waals surface area contributed by atoms with Gasteiger partial charge >= 0.3 is 0 Å². The molecule has 114 valence electrons. The van der Waals surface area contributed by atoms with Gasteiger partial charge in [-0.2, -0.15) is 0 Å². The molecular formula is C13H18Cl3NO2S. The van der Waals surface area contributed by atoms with E-state index in [2.05, 4.69) is 0 Å². The number of hydrogen-bond donors (Lipinski definition) is 0. The fourth-order valence-electron chi connectivity index (χ4n) is 1.74. The van der Waals surface area contributed by atoms with Crippen molar-refractivity contribution < 1.29 is 8.42 Å². The monoisotopic (exact) mass is 357 g/mol. The van der Waals surface area contributed by atoms with Gasteiger partial charge in [-0.25, -0.2) is 12.7 Å². The average Bonchev–Trinajstić information content (AvgIpc) is 2.40. The zero-order chi connectivity index (χ0) is 15.5. The molecule has 0 aliphatic carbocycles. The summed E-state index contributed by atoms with van der Waals surface area (Å²) in [5.41, 5.74) is 0.511. The summed E-state index contributed by atoms with van der Waals surface area (Å²) in [6.07, 6.45) is 0.899. The minimum atomic E-state index is -3.67. The molecule has 1 rings (SSSR count). The molecular weight excluding hydrogens is 341 g/mol. The molecule has 3 nitrogen and oxygen atoms in total. The summed E-state index contributed by atoms with van der Waals surface area (Å²) >= 11 is 17.8. The van der Waals surface area contributed by atoms with E-state index in [9.17, 15) is 8.42 Å². The van der Waals surface area contributed by atoms with Crippen LogP contribution in [0.15, 0.2) is 17.0 Å². The third-order valence-corrected chi connectivity index (χ3v) is 6.09. The van der Waals surface area contributed by atoms with Gasteiger partial charge in [-0.05, 0) is 23.6 Å². The molecule has 1 unspecified atom stereocenters. The lowest BCUT2D eigenvalue weighted by Crippen LogP contribution is -2.31. The van der Waals surface area contributed by atoms with Gasteiger partial charge in [0.15, 0.2) is 0 Å². The molecule has 0 saturated heterocycles. The Morgan fingerprint density at radius 1 is 1.30 bits per heavy atom. The molecule has 0 aliphatic rings. The fraction of sp³-hybridized carbons (Fsp3) is 0.538. The van der Waals surface area contributed by atoms with Crippen LogP contribution in [0, 0.1) is 5.92 Å². The van der Waals surface area contributed by atoms with Crippen molar-refractivity contribution in [1.82, 2.24) is 4.31 Å². The summed E-state index contributed by atoms with van der Waals surface area (Å²) in [5, 5.41) is 0.445. The van der Waals surface area contributed by atoms with Crippen LogP contribution in [0.3, 0.4) is 0 Å². The number of sulfonamides is 1. The van der Waals surface area contributed by atoms with Gasteiger partial charge in [0.2, 0.25) is 10.0 Å². The maximum atomic E-state index is 12.6. The topological polar surface area (TPSA) is 37.4 Å². The van der Waals surface area contributed by atoms with E-state index in [1.165, 1.54) is 10.4 Å². The molecule has 0 bridgehead atoms. The van der Waals surface area contributed by atoms with Crippen LogP contribution in [0.1, 0.15) is 25.8 Å². The van der Waals surface area contributed by atoms with Crippen molar-refractivity contribution in [2.45, 2.75) is 31.0 Å². The molecule has 0 spiro atoms. The summed E-state index contributed by atoms with van der Waals surface area (Å²) in [5.74, 6) is 0.372. The second kappa shape index (κ2) is 7.32. The van der Waals surface area contributed by atoms with Crippen molar-refractivity contribution in [2.75, 3.05) is 13.6 Å². The third kappa shape index (κ3) is 4.01. The van der Waals surface area contributed by atoms with Crippen LogP contribution >= 0.6 is 34.8 Å². The highest BCUT2D eigenvalue weighted by Gasteiger charge is 2.26. The number of benzene rings is 1. The first kappa shape index (κ1) is 18.1. The summed E-state index contributed by atoms with van der Waals surface area (Å²) in [6, 6.07) is 2.94. The highest BCUT2D eigenvalue weighted by molar-refractivity contribution is 7.89. The van der Waals surface area contributed by atoms with E-state index in [-0.39, 0.29) is 21.7 Å². The van der Waals surface area contributed by atoms with Crippen molar-refractivity contribution in [1.29, 1.82) is 0 Å². The van der Waals surface area contributed by atoms with E-state index in [1.807, 2.05) is 13.8 Å². The SMILES string of the molecule is CCC(C)CN(C)S(=O)(=O)c1cc(Cl)cc(CCl)c1Cl. The lowest BCUT2D eigenvalue weighted by atomic mass is 10.1. The Morgan fingerprint density at radius 2 is 1.90 bits per heavy atom. The Hall–Kier alpha value is -0.000000000000000111. The molecule has 0 fully saturated rings. The molecule has 20 heavy (non-hydrogen) atoms. The van der Waals surface area contributed by atoms with E-state index in [1.54, 1.807) is 13.1 Å². The third-order valence-electron chi connectivity index (χ3n) is 3.18. The molecule has 7 heteroatoms. The molecule has 0 aliphatic heterocycles. The second-order valence-electron chi connectivity index (χ2n) is 4.81. The Morgan fingerprint density at radius 3 is 2.40 bits per heavy atom. The van der Waals surface area contributed by atoms with Gasteiger partial charge in [0, 0.05) is 24.5 Å². The van der Waals surface area contributed by atoms with E-state index >= 15 is 0 Å². The van der Waals surface area contributed by atoms with Crippen molar-refractivity contribution in [3.8, 4) is 0 Å². The Bertz CT molecular complexity index is 575. The summed E-state index contributed by atoms with van der Waals surface area (Å²) in [6.45, 7) is 4.44. The van der Waals surface area contributed by atoms with Crippen molar-refractivity contribution >= 4 is 44.8 Å². The van der Waals surface area contributed by atoms with Crippen molar-refractivity contribution in [3.63, 3.8) is 0 Å². The zero-order valence-electron chi connectivity index (χ0n) is 11.7. The summed E-state index contributed by atoms with van der Waals surface area (Å²) in [4.78, 5) is 0.00752. The van der Waals surface area contributed by atoms with Crippen LogP contribution in [0.25, 0.3) is 0 Å². The van der Waals surface area contributed by atoms with Crippen molar-refractivity contribution in [3.05, 3.63) is 27.7 Å². The summed E-state index contributed by atoms with van der Waals surface area (Å²) < 4.78 is 26.4. The van der Waals surface area contributed by atoms with Crippen LogP contribution in [0.4, 0.5) is 0 Å². The quantitative estimate of drug-likeness (QED) is 0.707. The van der Waals surface area contributed by atoms with Gasteiger partial charge in [0.05, 0.1) is 5.02 Å². The van der Waals surface area contributed by atoms with Gasteiger partial charge in [0.25, 0.3) is 0 Å². The van der Waals surface area contributed by atoms with Crippen LogP contribution in [-0.4, -0.2) is 26.3 Å². The summed E-state index contributed by atoms with van der Waals surface area (Å²) in [7, 11) is -2.13.